The summed E-state index contributed by atoms with van der Waals surface area (Å²) in [5.74, 6) is -2.23. The summed E-state index contributed by atoms with van der Waals surface area (Å²) in [6.07, 6.45) is 0. The molecule has 0 aliphatic heterocycles. The highest BCUT2D eigenvalue weighted by atomic mass is 19.1. The predicted molar refractivity (Wildman–Crippen MR) is 71.6 cm³/mol. The maximum Gasteiger partial charge on any atom is 0.354 e. The van der Waals surface area contributed by atoms with E-state index in [9.17, 15) is 14.0 Å². The average Bonchev–Trinajstić information content (AvgIpc) is 2.73. The first-order chi connectivity index (χ1) is 9.38. The summed E-state index contributed by atoms with van der Waals surface area (Å²) in [5.41, 5.74) is 1.21. The van der Waals surface area contributed by atoms with Gasteiger partial charge in [-0.05, 0) is 37.6 Å². The number of anilines is 1. The van der Waals surface area contributed by atoms with Gasteiger partial charge in [-0.25, -0.2) is 9.18 Å². The van der Waals surface area contributed by atoms with Crippen molar-refractivity contribution < 1.29 is 19.1 Å². The molecule has 0 bridgehead atoms. The Hall–Kier alpha value is -2.63. The zero-order valence-electron chi connectivity index (χ0n) is 11.0. The zero-order chi connectivity index (χ0) is 14.9. The molecule has 0 saturated heterocycles. The molecule has 5 nitrogen and oxygen atoms in total. The van der Waals surface area contributed by atoms with Crippen molar-refractivity contribution in [3.63, 3.8) is 0 Å². The molecule has 0 saturated carbocycles. The van der Waals surface area contributed by atoms with E-state index in [2.05, 4.69) is 10.3 Å². The number of aromatic amines is 1. The second-order valence-corrected chi connectivity index (χ2v) is 4.46. The molecule has 0 spiro atoms. The summed E-state index contributed by atoms with van der Waals surface area (Å²) in [7, 11) is 0. The molecule has 104 valence electrons. The fourth-order valence-electron chi connectivity index (χ4n) is 1.79. The van der Waals surface area contributed by atoms with Gasteiger partial charge in [-0.15, -0.1) is 0 Å². The van der Waals surface area contributed by atoms with Crippen molar-refractivity contribution >= 4 is 17.6 Å². The molecule has 0 atom stereocenters. The number of nitrogens with one attached hydrogen (secondary N) is 2. The van der Waals surface area contributed by atoms with Crippen LogP contribution in [-0.4, -0.2) is 22.0 Å². The molecule has 2 rings (SSSR count). The number of H-pyrrole nitrogens is 1. The van der Waals surface area contributed by atoms with Gasteiger partial charge in [-0.3, -0.25) is 4.79 Å². The van der Waals surface area contributed by atoms with Gasteiger partial charge in [-0.2, -0.15) is 0 Å². The number of carboxylic acid groups (broad SMARTS) is 1. The van der Waals surface area contributed by atoms with E-state index in [4.69, 9.17) is 5.11 Å². The summed E-state index contributed by atoms with van der Waals surface area (Å²) < 4.78 is 13.4. The number of aromatic nitrogens is 1. The Balaban J connectivity index is 2.27. The number of carbonyl (C=O) groups is 2. The zero-order valence-corrected chi connectivity index (χ0v) is 11.0. The third kappa shape index (κ3) is 2.69. The molecule has 1 aromatic carbocycles. The largest absolute Gasteiger partial charge is 0.477 e. The molecule has 2 aromatic rings. The minimum atomic E-state index is -1.18. The first-order valence-electron chi connectivity index (χ1n) is 5.89. The number of aromatic carboxylic acids is 1. The minimum Gasteiger partial charge on any atom is -0.477 e. The molecule has 0 unspecified atom stereocenters. The van der Waals surface area contributed by atoms with Crippen LogP contribution in [0.5, 0.6) is 0 Å². The van der Waals surface area contributed by atoms with Crippen LogP contribution >= 0.6 is 0 Å². The van der Waals surface area contributed by atoms with Crippen molar-refractivity contribution in [3.05, 3.63) is 52.6 Å². The van der Waals surface area contributed by atoms with Crippen LogP contribution in [-0.2, 0) is 0 Å². The number of carbonyl (C=O) groups excluding carboxylic acids is 1. The maximum atomic E-state index is 13.4. The van der Waals surface area contributed by atoms with Crippen molar-refractivity contribution in [1.82, 2.24) is 4.98 Å². The van der Waals surface area contributed by atoms with Gasteiger partial charge in [0, 0.05) is 11.3 Å². The number of halogens is 1. The van der Waals surface area contributed by atoms with Crippen molar-refractivity contribution in [1.29, 1.82) is 0 Å². The van der Waals surface area contributed by atoms with Crippen molar-refractivity contribution in [2.75, 3.05) is 5.32 Å². The van der Waals surface area contributed by atoms with E-state index in [-0.39, 0.29) is 16.9 Å². The molecule has 6 heteroatoms. The van der Waals surface area contributed by atoms with Crippen LogP contribution in [0.4, 0.5) is 10.1 Å². The first kappa shape index (κ1) is 13.8. The molecule has 0 aliphatic rings. The Kier molecular flexibility index (Phi) is 3.56. The Morgan fingerprint density at radius 1 is 1.25 bits per heavy atom. The quantitative estimate of drug-likeness (QED) is 0.806. The third-order valence-corrected chi connectivity index (χ3v) is 2.85. The summed E-state index contributed by atoms with van der Waals surface area (Å²) >= 11 is 0. The second kappa shape index (κ2) is 5.16. The average molecular weight is 276 g/mol. The predicted octanol–water partition coefficient (Wildman–Crippen LogP) is 2.72. The fraction of sp³-hybridized carbons (Fsp3) is 0.143. The molecular formula is C14H13FN2O3. The topological polar surface area (TPSA) is 82.2 Å². The summed E-state index contributed by atoms with van der Waals surface area (Å²) in [6, 6.07) is 5.59. The van der Waals surface area contributed by atoms with Crippen molar-refractivity contribution in [2.24, 2.45) is 0 Å². The molecule has 1 amide bonds. The van der Waals surface area contributed by atoms with Gasteiger partial charge in [0.1, 0.15) is 11.5 Å². The molecule has 0 aliphatic carbocycles. The number of benzene rings is 1. The van der Waals surface area contributed by atoms with Crippen LogP contribution in [0.15, 0.2) is 24.3 Å². The number of rotatable bonds is 3. The van der Waals surface area contributed by atoms with Crippen LogP contribution in [0.1, 0.15) is 32.1 Å². The summed E-state index contributed by atoms with van der Waals surface area (Å²) in [4.78, 5) is 25.6. The van der Waals surface area contributed by atoms with E-state index in [0.717, 1.165) is 6.07 Å². The van der Waals surface area contributed by atoms with Gasteiger partial charge in [-0.1, -0.05) is 6.07 Å². The van der Waals surface area contributed by atoms with Gasteiger partial charge < -0.3 is 15.4 Å². The highest BCUT2D eigenvalue weighted by Crippen LogP contribution is 2.18. The lowest BCUT2D eigenvalue weighted by Crippen LogP contribution is -2.14. The molecule has 1 heterocycles. The van der Waals surface area contributed by atoms with Gasteiger partial charge in [0.25, 0.3) is 5.91 Å². The van der Waals surface area contributed by atoms with E-state index in [1.165, 1.54) is 18.2 Å². The highest BCUT2D eigenvalue weighted by molar-refractivity contribution is 6.07. The van der Waals surface area contributed by atoms with E-state index < -0.39 is 17.7 Å². The number of aryl methyl sites for hydroxylation is 2. The van der Waals surface area contributed by atoms with Gasteiger partial charge in [0.05, 0.1) is 5.69 Å². The Labute approximate surface area is 114 Å². The molecule has 3 N–H and O–H groups in total. The standard InChI is InChI=1S/C14H13FN2O3/c1-7-3-4-9(6-10(7)15)13(18)17-11-5-8(2)16-12(11)14(19)20/h3-6,16H,1-2H3,(H,17,18)(H,19,20). The molecule has 1 aromatic heterocycles. The fourth-order valence-corrected chi connectivity index (χ4v) is 1.79. The smallest absolute Gasteiger partial charge is 0.354 e. The SMILES string of the molecule is Cc1cc(NC(=O)c2ccc(C)c(F)c2)c(C(=O)O)[nH]1. The highest BCUT2D eigenvalue weighted by Gasteiger charge is 2.16. The van der Waals surface area contributed by atoms with Gasteiger partial charge in [0.2, 0.25) is 0 Å². The van der Waals surface area contributed by atoms with Gasteiger partial charge in [0.15, 0.2) is 0 Å². The lowest BCUT2D eigenvalue weighted by molar-refractivity contribution is 0.0692. The van der Waals surface area contributed by atoms with Crippen LogP contribution in [0, 0.1) is 19.7 Å². The van der Waals surface area contributed by atoms with Crippen LogP contribution in [0.3, 0.4) is 0 Å². The monoisotopic (exact) mass is 276 g/mol. The molecule has 0 fully saturated rings. The Morgan fingerprint density at radius 2 is 1.95 bits per heavy atom. The second-order valence-electron chi connectivity index (χ2n) is 4.46. The summed E-state index contributed by atoms with van der Waals surface area (Å²) in [6.45, 7) is 3.27. The van der Waals surface area contributed by atoms with E-state index in [1.807, 2.05) is 0 Å². The molecule has 20 heavy (non-hydrogen) atoms. The van der Waals surface area contributed by atoms with Crippen molar-refractivity contribution in [2.45, 2.75) is 13.8 Å². The van der Waals surface area contributed by atoms with Crippen LogP contribution < -0.4 is 5.32 Å². The summed E-state index contributed by atoms with van der Waals surface area (Å²) in [5, 5.41) is 11.5. The van der Waals surface area contributed by atoms with Crippen LogP contribution in [0.2, 0.25) is 0 Å². The van der Waals surface area contributed by atoms with Crippen molar-refractivity contribution in [3.8, 4) is 0 Å². The number of carboxylic acids is 1. The number of hydrogen-bond acceptors (Lipinski definition) is 2. The van der Waals surface area contributed by atoms with Gasteiger partial charge >= 0.3 is 5.97 Å². The Bertz CT molecular complexity index is 692. The van der Waals surface area contributed by atoms with E-state index in [0.29, 0.717) is 11.3 Å². The molecular weight excluding hydrogens is 263 g/mol. The first-order valence-corrected chi connectivity index (χ1v) is 5.89. The van der Waals surface area contributed by atoms with E-state index in [1.54, 1.807) is 13.8 Å². The minimum absolute atomic E-state index is 0.108. The Morgan fingerprint density at radius 3 is 2.55 bits per heavy atom. The molecule has 0 radical (unpaired) electrons. The normalized spacial score (nSPS) is 10.3. The maximum absolute atomic E-state index is 13.4. The van der Waals surface area contributed by atoms with Crippen LogP contribution in [0.25, 0.3) is 0 Å². The lowest BCUT2D eigenvalue weighted by atomic mass is 10.1. The third-order valence-electron chi connectivity index (χ3n) is 2.85. The lowest BCUT2D eigenvalue weighted by Gasteiger charge is -2.05. The number of amides is 1. The van der Waals surface area contributed by atoms with E-state index >= 15 is 0 Å². The number of hydrogen-bond donors (Lipinski definition) is 3.